The highest BCUT2D eigenvalue weighted by Gasteiger charge is 2.61. The van der Waals surface area contributed by atoms with E-state index < -0.39 is 58.6 Å². The minimum absolute atomic E-state index is 0.00156. The Labute approximate surface area is 257 Å². The van der Waals surface area contributed by atoms with Crippen molar-refractivity contribution in [1.29, 1.82) is 0 Å². The number of aliphatic carboxylic acids is 1. The molecule has 13 heteroatoms. The van der Waals surface area contributed by atoms with Gasteiger partial charge in [-0.25, -0.2) is 19.6 Å². The quantitative estimate of drug-likeness (QED) is 0.381. The molecule has 1 saturated carbocycles. The van der Waals surface area contributed by atoms with Crippen LogP contribution in [0.15, 0.2) is 24.5 Å². The van der Waals surface area contributed by atoms with Gasteiger partial charge in [-0.05, 0) is 50.7 Å². The zero-order valence-electron chi connectivity index (χ0n) is 26.6. The Morgan fingerprint density at radius 3 is 2.41 bits per heavy atom. The van der Waals surface area contributed by atoms with E-state index in [4.69, 9.17) is 14.2 Å². The second-order valence-electron chi connectivity index (χ2n) is 13.6. The number of nitrogens with zero attached hydrogens (tertiary/aromatic N) is 3. The van der Waals surface area contributed by atoms with Gasteiger partial charge >= 0.3 is 12.1 Å². The fourth-order valence-electron chi connectivity index (χ4n) is 5.60. The summed E-state index contributed by atoms with van der Waals surface area (Å²) in [7, 11) is 1.55. The molecule has 2 aromatic rings. The van der Waals surface area contributed by atoms with Crippen molar-refractivity contribution in [2.24, 2.45) is 11.3 Å². The Balaban J connectivity index is 1.64. The maximum atomic E-state index is 14.2. The molecule has 0 spiro atoms. The molecule has 4 rings (SSSR count). The normalized spacial score (nSPS) is 23.9. The smallest absolute Gasteiger partial charge is 0.408 e. The molecule has 240 valence electrons. The number of ether oxygens (including phenoxy) is 3. The highest BCUT2D eigenvalue weighted by molar-refractivity contribution is 5.96. The average Bonchev–Trinajstić information content (AvgIpc) is 3.49. The summed E-state index contributed by atoms with van der Waals surface area (Å²) in [5.74, 6) is -1.54. The van der Waals surface area contributed by atoms with Crippen LogP contribution in [-0.2, 0) is 19.1 Å². The first-order valence-corrected chi connectivity index (χ1v) is 14.8. The Hall–Kier alpha value is -4.16. The van der Waals surface area contributed by atoms with Gasteiger partial charge in [0, 0.05) is 12.5 Å². The molecule has 1 aromatic carbocycles. The van der Waals surface area contributed by atoms with E-state index in [9.17, 15) is 24.3 Å². The van der Waals surface area contributed by atoms with E-state index in [1.54, 1.807) is 66.9 Å². The molecule has 44 heavy (non-hydrogen) atoms. The van der Waals surface area contributed by atoms with Gasteiger partial charge in [-0.15, -0.1) is 0 Å². The van der Waals surface area contributed by atoms with Gasteiger partial charge in [0.15, 0.2) is 0 Å². The van der Waals surface area contributed by atoms with E-state index in [0.29, 0.717) is 29.5 Å². The number of likely N-dealkylation sites (tertiary alicyclic amines) is 1. The van der Waals surface area contributed by atoms with Crippen molar-refractivity contribution in [3.05, 3.63) is 24.5 Å². The summed E-state index contributed by atoms with van der Waals surface area (Å²) in [4.78, 5) is 62.8. The van der Waals surface area contributed by atoms with Gasteiger partial charge < -0.3 is 34.9 Å². The second kappa shape index (κ2) is 12.1. The van der Waals surface area contributed by atoms with Crippen molar-refractivity contribution in [3.63, 3.8) is 0 Å². The van der Waals surface area contributed by atoms with E-state index in [-0.39, 0.29) is 24.8 Å². The van der Waals surface area contributed by atoms with Crippen molar-refractivity contribution in [3.8, 4) is 11.6 Å². The summed E-state index contributed by atoms with van der Waals surface area (Å²) < 4.78 is 17.0. The predicted octanol–water partition coefficient (Wildman–Crippen LogP) is 3.30. The summed E-state index contributed by atoms with van der Waals surface area (Å²) in [6.45, 7) is 12.4. The molecule has 2 heterocycles. The van der Waals surface area contributed by atoms with Crippen molar-refractivity contribution >= 4 is 34.8 Å². The van der Waals surface area contributed by atoms with Crippen LogP contribution >= 0.6 is 0 Å². The standard InChI is InChI=1S/C31H43N5O8/c1-9-17-14-31(17,27(39)40)35-24(37)22-13-19(43-25-20-11-10-18(42-8)12-21(20)32-16-33-25)15-36(22)26(38)23(29(2,3)4)34-28(41)44-30(5,6)7/h10-12,16-17,19,22-23H,9,13-15H2,1-8H3,(H,34,41)(H,35,37)(H,39,40)/t17-,19-,22+,23-,31-/m1/s1. The summed E-state index contributed by atoms with van der Waals surface area (Å²) in [6.07, 6.45) is 0.896. The molecule has 1 saturated heterocycles. The Morgan fingerprint density at radius 2 is 1.84 bits per heavy atom. The highest BCUT2D eigenvalue weighted by atomic mass is 16.6. The summed E-state index contributed by atoms with van der Waals surface area (Å²) >= 11 is 0. The molecule has 5 atom stereocenters. The number of hydrogen-bond acceptors (Lipinski definition) is 9. The van der Waals surface area contributed by atoms with E-state index in [1.165, 1.54) is 11.2 Å². The lowest BCUT2D eigenvalue weighted by atomic mass is 9.85. The third kappa shape index (κ3) is 6.97. The van der Waals surface area contributed by atoms with E-state index in [1.807, 2.05) is 6.92 Å². The first-order valence-electron chi connectivity index (χ1n) is 14.8. The molecule has 1 aliphatic heterocycles. The fourth-order valence-corrected chi connectivity index (χ4v) is 5.60. The minimum Gasteiger partial charge on any atom is -0.497 e. The summed E-state index contributed by atoms with van der Waals surface area (Å²) in [6, 6.07) is 3.14. The monoisotopic (exact) mass is 613 g/mol. The number of fused-ring (bicyclic) bond motifs is 1. The molecule has 2 aliphatic rings. The van der Waals surface area contributed by atoms with Crippen LogP contribution in [0.3, 0.4) is 0 Å². The fraction of sp³-hybridized carbons (Fsp3) is 0.613. The molecule has 0 radical (unpaired) electrons. The van der Waals surface area contributed by atoms with Crippen molar-refractivity contribution in [2.75, 3.05) is 13.7 Å². The third-order valence-corrected chi connectivity index (χ3v) is 8.03. The minimum atomic E-state index is -1.38. The number of carbonyl (C=O) groups is 4. The number of aromatic nitrogens is 2. The maximum absolute atomic E-state index is 14.2. The van der Waals surface area contributed by atoms with Gasteiger partial charge in [0.25, 0.3) is 0 Å². The second-order valence-corrected chi connectivity index (χ2v) is 13.6. The zero-order valence-corrected chi connectivity index (χ0v) is 26.6. The SMILES string of the molecule is CC[C@@H]1C[C@]1(NC(=O)[C@@H]1C[C@@H](Oc2ncnc3cc(OC)ccc23)CN1C(=O)[C@@H](NC(=O)OC(C)(C)C)C(C)(C)C)C(=O)O. The van der Waals surface area contributed by atoms with Crippen LogP contribution < -0.4 is 20.1 Å². The highest BCUT2D eigenvalue weighted by Crippen LogP contribution is 2.46. The largest absolute Gasteiger partial charge is 0.497 e. The lowest BCUT2D eigenvalue weighted by molar-refractivity contribution is -0.146. The topological polar surface area (TPSA) is 169 Å². The molecule has 3 amide bonds. The predicted molar refractivity (Wildman–Crippen MR) is 160 cm³/mol. The number of alkyl carbamates (subject to hydrolysis) is 1. The van der Waals surface area contributed by atoms with Crippen LogP contribution in [0.2, 0.25) is 0 Å². The number of benzene rings is 1. The number of carbonyl (C=O) groups excluding carboxylic acids is 3. The Kier molecular flexibility index (Phi) is 8.99. The first kappa shape index (κ1) is 32.7. The van der Waals surface area contributed by atoms with Crippen LogP contribution in [0.25, 0.3) is 10.9 Å². The average molecular weight is 614 g/mol. The first-order chi connectivity index (χ1) is 20.5. The van der Waals surface area contributed by atoms with Crippen molar-refractivity contribution < 1.29 is 38.5 Å². The Bertz CT molecular complexity index is 1430. The number of carboxylic acids is 1. The Morgan fingerprint density at radius 1 is 1.14 bits per heavy atom. The molecule has 2 fully saturated rings. The molecular weight excluding hydrogens is 570 g/mol. The van der Waals surface area contributed by atoms with Gasteiger partial charge in [0.1, 0.15) is 41.4 Å². The number of amides is 3. The number of methoxy groups -OCH3 is 1. The van der Waals surface area contributed by atoms with Crippen LogP contribution in [0.4, 0.5) is 4.79 Å². The van der Waals surface area contributed by atoms with E-state index in [2.05, 4.69) is 20.6 Å². The van der Waals surface area contributed by atoms with Gasteiger partial charge in [0.05, 0.1) is 24.6 Å². The van der Waals surface area contributed by atoms with Crippen LogP contribution in [0, 0.1) is 11.3 Å². The zero-order chi connectivity index (χ0) is 32.6. The van der Waals surface area contributed by atoms with Crippen molar-refractivity contribution in [1.82, 2.24) is 25.5 Å². The molecule has 0 bridgehead atoms. The van der Waals surface area contributed by atoms with Crippen LogP contribution in [0.5, 0.6) is 11.6 Å². The van der Waals surface area contributed by atoms with Gasteiger partial charge in [-0.1, -0.05) is 34.1 Å². The molecular formula is C31H43N5O8. The lowest BCUT2D eigenvalue weighted by Gasteiger charge is -2.35. The van der Waals surface area contributed by atoms with E-state index >= 15 is 0 Å². The van der Waals surface area contributed by atoms with Gasteiger partial charge in [0.2, 0.25) is 17.7 Å². The van der Waals surface area contributed by atoms with Gasteiger partial charge in [-0.2, -0.15) is 0 Å². The van der Waals surface area contributed by atoms with E-state index in [0.717, 1.165) is 0 Å². The summed E-state index contributed by atoms with van der Waals surface area (Å²) in [5.41, 5.74) is -2.34. The number of carboxylic acid groups (broad SMARTS) is 1. The van der Waals surface area contributed by atoms with Crippen LogP contribution in [-0.4, -0.2) is 86.8 Å². The van der Waals surface area contributed by atoms with Gasteiger partial charge in [-0.3, -0.25) is 9.59 Å². The molecule has 1 aliphatic carbocycles. The molecule has 13 nitrogen and oxygen atoms in total. The third-order valence-electron chi connectivity index (χ3n) is 8.03. The van der Waals surface area contributed by atoms with Crippen molar-refractivity contribution in [2.45, 2.75) is 97.1 Å². The number of rotatable bonds is 9. The van der Waals surface area contributed by atoms with Crippen LogP contribution in [0.1, 0.15) is 67.7 Å². The number of hydrogen-bond donors (Lipinski definition) is 3. The summed E-state index contributed by atoms with van der Waals surface area (Å²) in [5, 5.41) is 16.0. The number of nitrogens with one attached hydrogen (secondary N) is 2. The molecule has 0 unspecified atom stereocenters. The maximum Gasteiger partial charge on any atom is 0.408 e. The molecule has 1 aromatic heterocycles. The lowest BCUT2D eigenvalue weighted by Crippen LogP contribution is -2.59. The molecule has 3 N–H and O–H groups in total.